The van der Waals surface area contributed by atoms with Crippen molar-refractivity contribution in [3.63, 3.8) is 0 Å². The third kappa shape index (κ3) is 2.19. The van der Waals surface area contributed by atoms with Crippen LogP contribution in [0.3, 0.4) is 0 Å². The van der Waals surface area contributed by atoms with Crippen LogP contribution in [0.5, 0.6) is 0 Å². The van der Waals surface area contributed by atoms with Crippen molar-refractivity contribution in [1.29, 1.82) is 0 Å². The summed E-state index contributed by atoms with van der Waals surface area (Å²) in [7, 11) is 0. The molecule has 104 valence electrons. The molecule has 0 radical (unpaired) electrons. The zero-order valence-electron chi connectivity index (χ0n) is 11.2. The molecule has 2 heterocycles. The summed E-state index contributed by atoms with van der Waals surface area (Å²) in [4.78, 5) is 7.86. The number of fused-ring (bicyclic) bond motifs is 1. The molecule has 20 heavy (non-hydrogen) atoms. The molecule has 0 amide bonds. The molecule has 0 spiro atoms. The van der Waals surface area contributed by atoms with Gasteiger partial charge in [-0.2, -0.15) is 5.10 Å². The van der Waals surface area contributed by atoms with Crippen molar-refractivity contribution < 1.29 is 0 Å². The van der Waals surface area contributed by atoms with E-state index >= 15 is 0 Å². The van der Waals surface area contributed by atoms with Crippen molar-refractivity contribution in [1.82, 2.24) is 19.7 Å². The molecule has 1 N–H and O–H groups in total. The van der Waals surface area contributed by atoms with E-state index in [-0.39, 0.29) is 0 Å². The van der Waals surface area contributed by atoms with Gasteiger partial charge in [0.05, 0.1) is 26.8 Å². The number of aromatic amines is 1. The largest absolute Gasteiger partial charge is 0.337 e. The number of aromatic nitrogens is 4. The Morgan fingerprint density at radius 2 is 1.90 bits per heavy atom. The molecule has 0 aliphatic rings. The minimum atomic E-state index is 0.510. The molecule has 0 fully saturated rings. The van der Waals surface area contributed by atoms with E-state index in [2.05, 4.69) is 35.0 Å². The third-order valence-corrected chi connectivity index (χ3v) is 3.98. The van der Waals surface area contributed by atoms with E-state index in [1.807, 2.05) is 4.68 Å². The van der Waals surface area contributed by atoms with E-state index in [4.69, 9.17) is 23.2 Å². The second-order valence-corrected chi connectivity index (χ2v) is 5.37. The molecule has 3 rings (SSSR count). The second kappa shape index (κ2) is 5.11. The molecular formula is C14H14Cl2N4. The number of nitrogens with one attached hydrogen (secondary N) is 1. The molecule has 1 aromatic carbocycles. The monoisotopic (exact) mass is 308 g/mol. The average molecular weight is 309 g/mol. The van der Waals surface area contributed by atoms with Crippen molar-refractivity contribution in [3.05, 3.63) is 33.9 Å². The van der Waals surface area contributed by atoms with Gasteiger partial charge in [-0.15, -0.1) is 0 Å². The number of benzene rings is 1. The van der Waals surface area contributed by atoms with Crippen LogP contribution < -0.4 is 0 Å². The van der Waals surface area contributed by atoms with Gasteiger partial charge >= 0.3 is 0 Å². The lowest BCUT2D eigenvalue weighted by molar-refractivity contribution is 0.653. The summed E-state index contributed by atoms with van der Waals surface area (Å²) in [6.07, 6.45) is 0.901. The average Bonchev–Trinajstić information content (AvgIpc) is 3.02. The number of hydrogen-bond donors (Lipinski definition) is 1. The maximum Gasteiger partial charge on any atom is 0.156 e. The van der Waals surface area contributed by atoms with Gasteiger partial charge in [-0.1, -0.05) is 30.1 Å². The second-order valence-electron chi connectivity index (χ2n) is 4.56. The summed E-state index contributed by atoms with van der Waals surface area (Å²) in [5.41, 5.74) is 3.71. The van der Waals surface area contributed by atoms with Crippen LogP contribution in [-0.4, -0.2) is 19.7 Å². The standard InChI is InChI=1S/C14H14Cl2N4/c1-3-8-5-13(20(4-2)19-8)14-17-11-6-9(15)10(16)7-12(11)18-14/h5-7H,3-4H2,1-2H3,(H,17,18). The van der Waals surface area contributed by atoms with Crippen LogP contribution in [-0.2, 0) is 13.0 Å². The van der Waals surface area contributed by atoms with Gasteiger partial charge in [0.15, 0.2) is 5.82 Å². The molecule has 0 aliphatic carbocycles. The van der Waals surface area contributed by atoms with Crippen molar-refractivity contribution in [2.24, 2.45) is 0 Å². The highest BCUT2D eigenvalue weighted by molar-refractivity contribution is 6.42. The zero-order valence-corrected chi connectivity index (χ0v) is 12.8. The minimum Gasteiger partial charge on any atom is -0.337 e. The molecule has 0 bridgehead atoms. The fourth-order valence-corrected chi connectivity index (χ4v) is 2.52. The van der Waals surface area contributed by atoms with Crippen molar-refractivity contribution in [2.45, 2.75) is 26.8 Å². The number of H-pyrrole nitrogens is 1. The van der Waals surface area contributed by atoms with Gasteiger partial charge in [-0.3, -0.25) is 4.68 Å². The normalized spacial score (nSPS) is 11.4. The number of aryl methyl sites for hydroxylation is 2. The number of halogens is 2. The Labute approximate surface area is 126 Å². The van der Waals surface area contributed by atoms with Gasteiger partial charge in [0.2, 0.25) is 0 Å². The molecule has 0 atom stereocenters. The third-order valence-electron chi connectivity index (χ3n) is 3.26. The summed E-state index contributed by atoms with van der Waals surface area (Å²) in [5.74, 6) is 0.785. The minimum absolute atomic E-state index is 0.510. The van der Waals surface area contributed by atoms with Gasteiger partial charge in [-0.05, 0) is 31.5 Å². The lowest BCUT2D eigenvalue weighted by Gasteiger charge is -2.00. The Hall–Kier alpha value is -1.52. The van der Waals surface area contributed by atoms with Crippen LogP contribution in [0.25, 0.3) is 22.6 Å². The first-order valence-electron chi connectivity index (χ1n) is 6.54. The van der Waals surface area contributed by atoms with E-state index in [9.17, 15) is 0 Å². The summed E-state index contributed by atoms with van der Waals surface area (Å²) in [6, 6.07) is 5.63. The highest BCUT2D eigenvalue weighted by Gasteiger charge is 2.13. The summed E-state index contributed by atoms with van der Waals surface area (Å²) in [5, 5.41) is 5.56. The highest BCUT2D eigenvalue weighted by atomic mass is 35.5. The molecule has 0 saturated carbocycles. The Morgan fingerprint density at radius 1 is 1.15 bits per heavy atom. The first-order chi connectivity index (χ1) is 9.62. The smallest absolute Gasteiger partial charge is 0.156 e. The predicted octanol–water partition coefficient (Wildman–Crippen LogP) is 4.32. The highest BCUT2D eigenvalue weighted by Crippen LogP contribution is 2.29. The number of imidazole rings is 1. The lowest BCUT2D eigenvalue weighted by atomic mass is 10.3. The fraction of sp³-hybridized carbons (Fsp3) is 0.286. The number of hydrogen-bond acceptors (Lipinski definition) is 2. The van der Waals surface area contributed by atoms with E-state index in [0.29, 0.717) is 10.0 Å². The van der Waals surface area contributed by atoms with Gasteiger partial charge in [0.1, 0.15) is 5.69 Å². The topological polar surface area (TPSA) is 46.5 Å². The summed E-state index contributed by atoms with van der Waals surface area (Å²) in [6.45, 7) is 4.95. The Kier molecular flexibility index (Phi) is 3.44. The number of rotatable bonds is 3. The molecule has 0 unspecified atom stereocenters. The molecule has 2 aromatic heterocycles. The van der Waals surface area contributed by atoms with Gasteiger partial charge in [0.25, 0.3) is 0 Å². The van der Waals surface area contributed by atoms with E-state index < -0.39 is 0 Å². The van der Waals surface area contributed by atoms with E-state index in [0.717, 1.165) is 41.2 Å². The molecule has 4 nitrogen and oxygen atoms in total. The molecule has 0 aliphatic heterocycles. The lowest BCUT2D eigenvalue weighted by Crippen LogP contribution is -2.00. The van der Waals surface area contributed by atoms with Crippen molar-refractivity contribution in [3.8, 4) is 11.5 Å². The van der Waals surface area contributed by atoms with Gasteiger partial charge < -0.3 is 4.98 Å². The van der Waals surface area contributed by atoms with Crippen LogP contribution in [0.1, 0.15) is 19.5 Å². The van der Waals surface area contributed by atoms with Crippen LogP contribution >= 0.6 is 23.2 Å². The summed E-state index contributed by atoms with van der Waals surface area (Å²) < 4.78 is 1.94. The maximum absolute atomic E-state index is 6.03. The molecule has 6 heteroatoms. The molecule has 0 saturated heterocycles. The van der Waals surface area contributed by atoms with Crippen molar-refractivity contribution in [2.75, 3.05) is 0 Å². The van der Waals surface area contributed by atoms with Crippen molar-refractivity contribution >= 4 is 34.2 Å². The summed E-state index contributed by atoms with van der Waals surface area (Å²) >= 11 is 12.1. The first-order valence-corrected chi connectivity index (χ1v) is 7.29. The van der Waals surface area contributed by atoms with Gasteiger partial charge in [-0.25, -0.2) is 4.98 Å². The Morgan fingerprint density at radius 3 is 2.60 bits per heavy atom. The molecular weight excluding hydrogens is 295 g/mol. The first kappa shape index (κ1) is 13.5. The fourth-order valence-electron chi connectivity index (χ4n) is 2.20. The maximum atomic E-state index is 6.03. The Bertz CT molecular complexity index is 734. The van der Waals surface area contributed by atoms with Crippen LogP contribution in [0.2, 0.25) is 10.0 Å². The number of nitrogens with zero attached hydrogens (tertiary/aromatic N) is 3. The zero-order chi connectivity index (χ0) is 14.3. The van der Waals surface area contributed by atoms with E-state index in [1.54, 1.807) is 12.1 Å². The quantitative estimate of drug-likeness (QED) is 0.783. The van der Waals surface area contributed by atoms with Crippen LogP contribution in [0.4, 0.5) is 0 Å². The van der Waals surface area contributed by atoms with Crippen LogP contribution in [0.15, 0.2) is 18.2 Å². The van der Waals surface area contributed by atoms with Crippen LogP contribution in [0, 0.1) is 0 Å². The van der Waals surface area contributed by atoms with E-state index in [1.165, 1.54) is 0 Å². The Balaban J connectivity index is 2.16. The SMILES string of the molecule is CCc1cc(-c2nc3cc(Cl)c(Cl)cc3[nH]2)n(CC)n1. The van der Waals surface area contributed by atoms with Gasteiger partial charge in [0, 0.05) is 6.54 Å². The molecule has 3 aromatic rings. The predicted molar refractivity (Wildman–Crippen MR) is 82.4 cm³/mol.